The number of aromatic nitrogens is 3. The Morgan fingerprint density at radius 3 is 2.88 bits per heavy atom. The predicted octanol–water partition coefficient (Wildman–Crippen LogP) is 3.61. The lowest BCUT2D eigenvalue weighted by atomic mass is 10.1. The molecule has 1 aliphatic heterocycles. The van der Waals surface area contributed by atoms with Gasteiger partial charge in [-0.2, -0.15) is 18.2 Å². The highest BCUT2D eigenvalue weighted by Crippen LogP contribution is 2.37. The zero-order valence-electron chi connectivity index (χ0n) is 12.9. The number of imidazole rings is 1. The SMILES string of the molecule is Oc1nc(NCC2CC2)[nH]c1/C=C1/C=Nc2ncc(C(F)(F)F)cc21. The summed E-state index contributed by atoms with van der Waals surface area (Å²) in [5.74, 6) is 1.04. The van der Waals surface area contributed by atoms with E-state index < -0.39 is 11.7 Å². The maximum Gasteiger partial charge on any atom is 0.417 e. The van der Waals surface area contributed by atoms with Crippen molar-refractivity contribution in [2.45, 2.75) is 19.0 Å². The summed E-state index contributed by atoms with van der Waals surface area (Å²) < 4.78 is 38.6. The number of hydrogen-bond acceptors (Lipinski definition) is 5. The van der Waals surface area contributed by atoms with Crippen LogP contribution in [0.15, 0.2) is 17.3 Å². The van der Waals surface area contributed by atoms with Gasteiger partial charge >= 0.3 is 6.18 Å². The van der Waals surface area contributed by atoms with Crippen LogP contribution < -0.4 is 5.32 Å². The van der Waals surface area contributed by atoms with E-state index in [1.165, 1.54) is 25.1 Å². The number of anilines is 1. The molecule has 2 aliphatic rings. The van der Waals surface area contributed by atoms with Crippen LogP contribution in [0.2, 0.25) is 0 Å². The number of allylic oxidation sites excluding steroid dienone is 1. The van der Waals surface area contributed by atoms with Crippen LogP contribution in [0, 0.1) is 5.92 Å². The second-order valence-corrected chi connectivity index (χ2v) is 6.10. The number of pyridine rings is 1. The summed E-state index contributed by atoms with van der Waals surface area (Å²) in [7, 11) is 0. The fourth-order valence-electron chi connectivity index (χ4n) is 2.52. The number of nitrogens with one attached hydrogen (secondary N) is 2. The molecule has 130 valence electrons. The second-order valence-electron chi connectivity index (χ2n) is 6.10. The Kier molecular flexibility index (Phi) is 3.52. The van der Waals surface area contributed by atoms with E-state index in [2.05, 4.69) is 25.3 Å². The molecule has 25 heavy (non-hydrogen) atoms. The topological polar surface area (TPSA) is 86.2 Å². The van der Waals surface area contributed by atoms with E-state index in [-0.39, 0.29) is 17.3 Å². The molecule has 0 saturated heterocycles. The van der Waals surface area contributed by atoms with Crippen molar-refractivity contribution in [2.75, 3.05) is 11.9 Å². The smallest absolute Gasteiger partial charge is 0.417 e. The molecule has 6 nitrogen and oxygen atoms in total. The predicted molar refractivity (Wildman–Crippen MR) is 86.7 cm³/mol. The Morgan fingerprint density at radius 1 is 1.36 bits per heavy atom. The van der Waals surface area contributed by atoms with Crippen molar-refractivity contribution >= 4 is 29.6 Å². The summed E-state index contributed by atoms with van der Waals surface area (Å²) in [6.45, 7) is 0.770. The number of aliphatic imine (C=N–C) groups is 1. The fourth-order valence-corrected chi connectivity index (χ4v) is 2.52. The molecule has 1 fully saturated rings. The third-order valence-corrected chi connectivity index (χ3v) is 4.10. The van der Waals surface area contributed by atoms with Gasteiger partial charge in [0.1, 0.15) is 5.69 Å². The van der Waals surface area contributed by atoms with Gasteiger partial charge in [-0.15, -0.1) is 0 Å². The average molecular weight is 349 g/mol. The highest BCUT2D eigenvalue weighted by molar-refractivity contribution is 6.21. The Balaban J connectivity index is 1.62. The Morgan fingerprint density at radius 2 is 2.16 bits per heavy atom. The summed E-state index contributed by atoms with van der Waals surface area (Å²) in [5, 5.41) is 13.0. The van der Waals surface area contributed by atoms with Gasteiger partial charge in [-0.25, -0.2) is 9.98 Å². The van der Waals surface area contributed by atoms with Gasteiger partial charge in [0.2, 0.25) is 11.8 Å². The van der Waals surface area contributed by atoms with Crippen molar-refractivity contribution in [3.05, 3.63) is 29.1 Å². The van der Waals surface area contributed by atoms with E-state index in [0.29, 0.717) is 23.1 Å². The second kappa shape index (κ2) is 5.61. The lowest BCUT2D eigenvalue weighted by Crippen LogP contribution is -2.05. The number of halogens is 3. The van der Waals surface area contributed by atoms with Crippen LogP contribution in [0.1, 0.15) is 29.7 Å². The van der Waals surface area contributed by atoms with Crippen LogP contribution in [0.5, 0.6) is 5.88 Å². The van der Waals surface area contributed by atoms with Crippen molar-refractivity contribution < 1.29 is 18.3 Å². The van der Waals surface area contributed by atoms with E-state index in [9.17, 15) is 18.3 Å². The molecule has 2 aromatic rings. The monoisotopic (exact) mass is 349 g/mol. The molecule has 0 spiro atoms. The van der Waals surface area contributed by atoms with Crippen molar-refractivity contribution in [1.82, 2.24) is 15.0 Å². The number of rotatable bonds is 4. The number of H-pyrrole nitrogens is 1. The number of hydrogen-bond donors (Lipinski definition) is 3. The van der Waals surface area contributed by atoms with Crippen molar-refractivity contribution in [3.63, 3.8) is 0 Å². The van der Waals surface area contributed by atoms with E-state index in [0.717, 1.165) is 18.8 Å². The molecular formula is C16H14F3N5O. The molecule has 1 aliphatic carbocycles. The molecule has 0 radical (unpaired) electrons. The quantitative estimate of drug-likeness (QED) is 0.787. The zero-order valence-corrected chi connectivity index (χ0v) is 12.9. The highest BCUT2D eigenvalue weighted by Gasteiger charge is 2.32. The van der Waals surface area contributed by atoms with Gasteiger partial charge in [-0.05, 0) is 30.9 Å². The third kappa shape index (κ3) is 3.21. The molecule has 3 N–H and O–H groups in total. The Labute approximate surface area is 140 Å². The number of aromatic amines is 1. The molecule has 2 aromatic heterocycles. The van der Waals surface area contributed by atoms with E-state index in [1.54, 1.807) is 0 Å². The van der Waals surface area contributed by atoms with E-state index >= 15 is 0 Å². The van der Waals surface area contributed by atoms with Crippen LogP contribution in [0.25, 0.3) is 11.6 Å². The molecule has 4 rings (SSSR count). The van der Waals surface area contributed by atoms with Crippen LogP contribution in [-0.4, -0.2) is 32.8 Å². The van der Waals surface area contributed by atoms with Crippen molar-refractivity contribution in [3.8, 4) is 5.88 Å². The van der Waals surface area contributed by atoms with Crippen LogP contribution >= 0.6 is 0 Å². The van der Waals surface area contributed by atoms with Gasteiger partial charge in [0.25, 0.3) is 0 Å². The van der Waals surface area contributed by atoms with Gasteiger partial charge in [-0.3, -0.25) is 0 Å². The maximum absolute atomic E-state index is 12.9. The number of alkyl halides is 3. The average Bonchev–Trinajstić information content (AvgIpc) is 3.21. The van der Waals surface area contributed by atoms with Crippen molar-refractivity contribution in [2.24, 2.45) is 10.9 Å². The molecule has 9 heteroatoms. The summed E-state index contributed by atoms with van der Waals surface area (Å²) in [6.07, 6.45) is 1.55. The molecule has 0 amide bonds. The van der Waals surface area contributed by atoms with Crippen LogP contribution in [-0.2, 0) is 6.18 Å². The highest BCUT2D eigenvalue weighted by atomic mass is 19.4. The summed E-state index contributed by atoms with van der Waals surface area (Å²) in [5.41, 5.74) is 0.130. The first kappa shape index (κ1) is 15.7. The number of nitrogens with zero attached hydrogens (tertiary/aromatic N) is 3. The lowest BCUT2D eigenvalue weighted by molar-refractivity contribution is -0.137. The molecule has 0 bridgehead atoms. The van der Waals surface area contributed by atoms with Gasteiger partial charge in [0.15, 0.2) is 5.82 Å². The minimum Gasteiger partial charge on any atom is -0.492 e. The number of fused-ring (bicyclic) bond motifs is 1. The Bertz CT molecular complexity index is 880. The minimum absolute atomic E-state index is 0.213. The maximum atomic E-state index is 12.9. The van der Waals surface area contributed by atoms with Gasteiger partial charge in [0.05, 0.1) is 5.56 Å². The molecule has 3 heterocycles. The zero-order chi connectivity index (χ0) is 17.6. The summed E-state index contributed by atoms with van der Waals surface area (Å²) >= 11 is 0. The van der Waals surface area contributed by atoms with E-state index in [4.69, 9.17) is 0 Å². The largest absolute Gasteiger partial charge is 0.492 e. The molecule has 0 unspecified atom stereocenters. The van der Waals surface area contributed by atoms with Crippen LogP contribution in [0.4, 0.5) is 24.9 Å². The molecule has 1 saturated carbocycles. The standard InChI is InChI=1S/C16H14F3N5O/c17-16(18,19)10-4-11-9(6-20-13(11)21-7-10)3-12-14(25)24-15(23-12)22-5-8-1-2-8/h3-4,6-8,25H,1-2,5H2,(H2,22,23,24)/b9-3-. The summed E-state index contributed by atoms with van der Waals surface area (Å²) in [4.78, 5) is 14.6. The van der Waals surface area contributed by atoms with E-state index in [1.807, 2.05) is 0 Å². The third-order valence-electron chi connectivity index (χ3n) is 4.10. The minimum atomic E-state index is -4.48. The van der Waals surface area contributed by atoms with Gasteiger partial charge in [0, 0.05) is 30.1 Å². The fraction of sp³-hybridized carbons (Fsp3) is 0.312. The molecular weight excluding hydrogens is 335 g/mol. The normalized spacial score (nSPS) is 18.0. The van der Waals surface area contributed by atoms with Crippen LogP contribution in [0.3, 0.4) is 0 Å². The molecule has 0 aromatic carbocycles. The first-order valence-corrected chi connectivity index (χ1v) is 7.76. The number of aromatic hydroxyl groups is 1. The lowest BCUT2D eigenvalue weighted by Gasteiger charge is -2.07. The first-order chi connectivity index (χ1) is 11.9. The summed E-state index contributed by atoms with van der Waals surface area (Å²) in [6, 6.07) is 1.00. The molecule has 0 atom stereocenters. The van der Waals surface area contributed by atoms with Gasteiger partial charge in [-0.1, -0.05) is 0 Å². The van der Waals surface area contributed by atoms with Gasteiger partial charge < -0.3 is 15.4 Å². The Hall–Kier alpha value is -2.84. The van der Waals surface area contributed by atoms with Crippen molar-refractivity contribution in [1.29, 1.82) is 0 Å². The first-order valence-electron chi connectivity index (χ1n) is 7.76.